The number of H-pyrrole nitrogens is 2. The Morgan fingerprint density at radius 1 is 1.33 bits per heavy atom. The van der Waals surface area contributed by atoms with Crippen molar-refractivity contribution in [1.29, 1.82) is 0 Å². The summed E-state index contributed by atoms with van der Waals surface area (Å²) >= 11 is 4.87. The van der Waals surface area contributed by atoms with Gasteiger partial charge in [0.05, 0.1) is 5.69 Å². The number of aromatic amines is 2. The van der Waals surface area contributed by atoms with E-state index < -0.39 is 0 Å². The Bertz CT molecular complexity index is 742. The molecule has 0 spiro atoms. The molecule has 0 saturated carbocycles. The van der Waals surface area contributed by atoms with Gasteiger partial charge in [0.15, 0.2) is 4.77 Å². The summed E-state index contributed by atoms with van der Waals surface area (Å²) in [6, 6.07) is 4.38. The topological polar surface area (TPSA) is 64.2 Å². The summed E-state index contributed by atoms with van der Waals surface area (Å²) in [6.07, 6.45) is 3.28. The molecule has 0 bridgehead atoms. The van der Waals surface area contributed by atoms with Gasteiger partial charge in [-0.25, -0.2) is 4.39 Å². The fraction of sp³-hybridized carbons (Fsp3) is 0. The van der Waals surface area contributed by atoms with Gasteiger partial charge in [-0.05, 0) is 36.5 Å². The maximum atomic E-state index is 13.2. The minimum absolute atomic E-state index is 0.0502. The predicted octanol–water partition coefficient (Wildman–Crippen LogP) is 3.17. The molecule has 2 aromatic rings. The molecule has 1 aliphatic heterocycles. The van der Waals surface area contributed by atoms with E-state index in [9.17, 15) is 9.50 Å². The molecule has 90 valence electrons. The van der Waals surface area contributed by atoms with Gasteiger partial charge in [0.25, 0.3) is 0 Å². The normalized spacial score (nSPS) is 15.3. The zero-order valence-electron chi connectivity index (χ0n) is 9.07. The zero-order valence-corrected chi connectivity index (χ0v) is 9.88. The fourth-order valence-electron chi connectivity index (χ4n) is 1.82. The van der Waals surface area contributed by atoms with Gasteiger partial charge < -0.3 is 15.1 Å². The average molecular weight is 261 g/mol. The number of nitrogens with zero attached hydrogens (tertiary/aromatic N) is 1. The number of aliphatic imine (C=N–C) groups is 1. The second-order valence-corrected chi connectivity index (χ2v) is 4.27. The molecule has 0 atom stereocenters. The second kappa shape index (κ2) is 3.92. The molecule has 3 rings (SSSR count). The van der Waals surface area contributed by atoms with E-state index in [4.69, 9.17) is 12.2 Å². The number of hydrogen-bond donors (Lipinski definition) is 3. The third kappa shape index (κ3) is 1.76. The van der Waals surface area contributed by atoms with E-state index in [2.05, 4.69) is 15.0 Å². The average Bonchev–Trinajstić information content (AvgIpc) is 2.84. The molecule has 6 heteroatoms. The lowest BCUT2D eigenvalue weighted by Gasteiger charge is -1.99. The van der Waals surface area contributed by atoms with Gasteiger partial charge >= 0.3 is 0 Å². The maximum absolute atomic E-state index is 13.2. The molecule has 1 aromatic heterocycles. The number of halogens is 1. The lowest BCUT2D eigenvalue weighted by atomic mass is 10.1. The van der Waals surface area contributed by atoms with Crippen molar-refractivity contribution in [2.75, 3.05) is 0 Å². The number of nitrogens with one attached hydrogen (secondary N) is 2. The van der Waals surface area contributed by atoms with E-state index >= 15 is 0 Å². The molecule has 3 N–H and O–H groups in total. The summed E-state index contributed by atoms with van der Waals surface area (Å²) in [5.41, 5.74) is 2.55. The fourth-order valence-corrected chi connectivity index (χ4v) is 2.03. The summed E-state index contributed by atoms with van der Waals surface area (Å²) in [5.74, 6) is -0.373. The van der Waals surface area contributed by atoms with Crippen LogP contribution >= 0.6 is 12.2 Å². The van der Waals surface area contributed by atoms with Crippen LogP contribution in [0.4, 0.5) is 10.1 Å². The first-order valence-electron chi connectivity index (χ1n) is 5.20. The Morgan fingerprint density at radius 2 is 2.17 bits per heavy atom. The number of aromatic nitrogens is 2. The van der Waals surface area contributed by atoms with Gasteiger partial charge in [-0.1, -0.05) is 0 Å². The summed E-state index contributed by atoms with van der Waals surface area (Å²) in [5, 5.41) is 9.58. The van der Waals surface area contributed by atoms with Crippen LogP contribution in [0.25, 0.3) is 11.6 Å². The number of aromatic hydroxyl groups is 1. The number of benzene rings is 1. The van der Waals surface area contributed by atoms with Crippen LogP contribution in [0.1, 0.15) is 11.3 Å². The van der Waals surface area contributed by atoms with Crippen LogP contribution in [-0.4, -0.2) is 21.3 Å². The first-order chi connectivity index (χ1) is 8.63. The van der Waals surface area contributed by atoms with Crippen molar-refractivity contribution in [2.45, 2.75) is 0 Å². The highest BCUT2D eigenvalue weighted by atomic mass is 32.1. The van der Waals surface area contributed by atoms with E-state index in [1.165, 1.54) is 12.1 Å². The van der Waals surface area contributed by atoms with Crippen LogP contribution in [0.3, 0.4) is 0 Å². The number of fused-ring (bicyclic) bond motifs is 1. The summed E-state index contributed by atoms with van der Waals surface area (Å²) in [6.45, 7) is 0. The van der Waals surface area contributed by atoms with Crippen LogP contribution in [0, 0.1) is 10.6 Å². The highest BCUT2D eigenvalue weighted by Crippen LogP contribution is 2.33. The van der Waals surface area contributed by atoms with Crippen molar-refractivity contribution in [3.63, 3.8) is 0 Å². The third-order valence-corrected chi connectivity index (χ3v) is 2.85. The maximum Gasteiger partial charge on any atom is 0.215 e. The molecule has 0 fully saturated rings. The van der Waals surface area contributed by atoms with Gasteiger partial charge in [0.1, 0.15) is 11.5 Å². The van der Waals surface area contributed by atoms with Crippen molar-refractivity contribution in [3.8, 4) is 5.88 Å². The third-order valence-electron chi connectivity index (χ3n) is 2.65. The SMILES string of the molecule is Oc1[nH]c(=S)[nH]c1/C=C1/C=Nc2ccc(F)cc21. The van der Waals surface area contributed by atoms with Crippen LogP contribution in [0.2, 0.25) is 0 Å². The molecular formula is C12H8FN3OS. The van der Waals surface area contributed by atoms with Crippen LogP contribution < -0.4 is 0 Å². The van der Waals surface area contributed by atoms with Crippen molar-refractivity contribution >= 4 is 35.8 Å². The van der Waals surface area contributed by atoms with E-state index in [0.717, 1.165) is 0 Å². The van der Waals surface area contributed by atoms with Crippen molar-refractivity contribution in [3.05, 3.63) is 40.0 Å². The Hall–Kier alpha value is -2.21. The number of rotatable bonds is 1. The summed E-state index contributed by atoms with van der Waals surface area (Å²) in [7, 11) is 0. The molecule has 0 unspecified atom stereocenters. The monoisotopic (exact) mass is 261 g/mol. The van der Waals surface area contributed by atoms with E-state index in [1.807, 2.05) is 0 Å². The molecule has 18 heavy (non-hydrogen) atoms. The van der Waals surface area contributed by atoms with E-state index in [0.29, 0.717) is 27.3 Å². The predicted molar refractivity (Wildman–Crippen MR) is 70.1 cm³/mol. The number of hydrogen-bond acceptors (Lipinski definition) is 3. The molecule has 0 saturated heterocycles. The first kappa shape index (κ1) is 10.9. The lowest BCUT2D eigenvalue weighted by Crippen LogP contribution is -1.83. The summed E-state index contributed by atoms with van der Waals surface area (Å²) in [4.78, 5) is 9.53. The van der Waals surface area contributed by atoms with Gasteiger partial charge in [0, 0.05) is 17.4 Å². The van der Waals surface area contributed by atoms with E-state index in [1.54, 1.807) is 18.4 Å². The second-order valence-electron chi connectivity index (χ2n) is 3.86. The molecule has 0 radical (unpaired) electrons. The van der Waals surface area contributed by atoms with Gasteiger partial charge in [-0.15, -0.1) is 0 Å². The summed E-state index contributed by atoms with van der Waals surface area (Å²) < 4.78 is 13.5. The lowest BCUT2D eigenvalue weighted by molar-refractivity contribution is 0.455. The van der Waals surface area contributed by atoms with Crippen molar-refractivity contribution in [2.24, 2.45) is 4.99 Å². The quantitative estimate of drug-likeness (QED) is 0.690. The molecule has 1 aliphatic rings. The molecule has 0 aliphatic carbocycles. The molecule has 2 heterocycles. The highest BCUT2D eigenvalue weighted by molar-refractivity contribution is 7.71. The Morgan fingerprint density at radius 3 is 2.89 bits per heavy atom. The Balaban J connectivity index is 2.11. The number of imidazole rings is 1. The molecule has 0 amide bonds. The van der Waals surface area contributed by atoms with Gasteiger partial charge in [-0.3, -0.25) is 4.99 Å². The minimum Gasteiger partial charge on any atom is -0.493 e. The van der Waals surface area contributed by atoms with Crippen LogP contribution in [0.15, 0.2) is 23.2 Å². The van der Waals surface area contributed by atoms with Crippen molar-refractivity contribution in [1.82, 2.24) is 9.97 Å². The Labute approximate surface area is 107 Å². The number of allylic oxidation sites excluding steroid dienone is 1. The van der Waals surface area contributed by atoms with Gasteiger partial charge in [-0.2, -0.15) is 0 Å². The van der Waals surface area contributed by atoms with Crippen LogP contribution in [0.5, 0.6) is 5.88 Å². The standard InChI is InChI=1S/C12H8FN3OS/c13-7-1-2-9-8(4-7)6(5-14-9)3-10-11(17)16-12(18)15-10/h1-5,17H,(H2,15,16,18)/b6-3-. The smallest absolute Gasteiger partial charge is 0.215 e. The Kier molecular flexibility index (Phi) is 2.38. The first-order valence-corrected chi connectivity index (χ1v) is 5.61. The molecule has 4 nitrogen and oxygen atoms in total. The minimum atomic E-state index is -0.323. The largest absolute Gasteiger partial charge is 0.493 e. The van der Waals surface area contributed by atoms with Crippen LogP contribution in [-0.2, 0) is 0 Å². The van der Waals surface area contributed by atoms with Gasteiger partial charge in [0.2, 0.25) is 5.88 Å². The van der Waals surface area contributed by atoms with E-state index in [-0.39, 0.29) is 11.7 Å². The zero-order chi connectivity index (χ0) is 12.7. The molecular weight excluding hydrogens is 253 g/mol. The highest BCUT2D eigenvalue weighted by Gasteiger charge is 2.14. The van der Waals surface area contributed by atoms with Crippen molar-refractivity contribution < 1.29 is 9.50 Å². The molecule has 1 aromatic carbocycles.